The Morgan fingerprint density at radius 3 is 2.47 bits per heavy atom. The highest BCUT2D eigenvalue weighted by atomic mass is 32.1. The molecule has 38 heavy (non-hydrogen) atoms. The molecule has 0 fully saturated rings. The Morgan fingerprint density at radius 2 is 1.76 bits per heavy atom. The maximum Gasteiger partial charge on any atom is 0.435 e. The summed E-state index contributed by atoms with van der Waals surface area (Å²) in [6, 6.07) is 21.5. The number of alkyl halides is 3. The van der Waals surface area contributed by atoms with Crippen LogP contribution in [0, 0.1) is 0 Å². The van der Waals surface area contributed by atoms with E-state index in [-0.39, 0.29) is 16.5 Å². The molecule has 7 nitrogen and oxygen atoms in total. The van der Waals surface area contributed by atoms with Crippen LogP contribution in [-0.2, 0) is 6.18 Å². The third-order valence-electron chi connectivity index (χ3n) is 5.74. The molecule has 192 valence electrons. The third kappa shape index (κ3) is 5.28. The van der Waals surface area contributed by atoms with Gasteiger partial charge in [0.15, 0.2) is 5.69 Å². The number of hydrogen-bond donors (Lipinski definition) is 1. The van der Waals surface area contributed by atoms with Gasteiger partial charge in [-0.15, -0.1) is 11.3 Å². The van der Waals surface area contributed by atoms with Crippen LogP contribution in [0.1, 0.15) is 21.7 Å². The molecule has 0 saturated heterocycles. The summed E-state index contributed by atoms with van der Waals surface area (Å²) < 4.78 is 41.8. The van der Waals surface area contributed by atoms with Gasteiger partial charge in [-0.3, -0.25) is 4.79 Å². The lowest BCUT2D eigenvalue weighted by Gasteiger charge is -2.11. The predicted molar refractivity (Wildman–Crippen MR) is 143 cm³/mol. The van der Waals surface area contributed by atoms with Gasteiger partial charge in [0.05, 0.1) is 11.9 Å². The average molecular weight is 535 g/mol. The molecule has 5 aromatic rings. The van der Waals surface area contributed by atoms with Gasteiger partial charge in [-0.05, 0) is 40.6 Å². The summed E-state index contributed by atoms with van der Waals surface area (Å²) in [5, 5.41) is 11.1. The van der Waals surface area contributed by atoms with Gasteiger partial charge in [0.2, 0.25) is 5.13 Å². The number of nitrogens with zero attached hydrogens (tertiary/aromatic N) is 5. The van der Waals surface area contributed by atoms with Crippen molar-refractivity contribution in [3.63, 3.8) is 0 Å². The average Bonchev–Trinajstić information content (AvgIpc) is 3.56. The maximum absolute atomic E-state index is 13.6. The van der Waals surface area contributed by atoms with Crippen LogP contribution in [0.3, 0.4) is 0 Å². The second-order valence-corrected chi connectivity index (χ2v) is 9.42. The van der Waals surface area contributed by atoms with Gasteiger partial charge >= 0.3 is 6.18 Å². The van der Waals surface area contributed by atoms with Gasteiger partial charge in [-0.1, -0.05) is 48.5 Å². The summed E-state index contributed by atoms with van der Waals surface area (Å²) in [7, 11) is 3.87. The number of rotatable bonds is 6. The summed E-state index contributed by atoms with van der Waals surface area (Å²) in [5.41, 5.74) is 3.92. The highest BCUT2D eigenvalue weighted by Crippen LogP contribution is 2.34. The molecule has 0 unspecified atom stereocenters. The van der Waals surface area contributed by atoms with Crippen molar-refractivity contribution in [3.8, 4) is 16.4 Å². The number of fused-ring (bicyclic) bond motifs is 1. The topological polar surface area (TPSA) is 75.4 Å². The lowest BCUT2D eigenvalue weighted by atomic mass is 10.0. The molecule has 3 aromatic carbocycles. The standard InChI is InChI=1S/C27H21F3N6OS/c1-35(2)21-11-7-17(8-12-21)15-31-33-25(37)22-16-38-26(32-22)36-23(14-24(34-36)27(28,29)30)20-10-9-18-5-3-4-6-19(18)13-20/h3-16H,1-2H3,(H,33,37)/b31-15+. The van der Waals surface area contributed by atoms with Gasteiger partial charge in [0, 0.05) is 30.7 Å². The first-order chi connectivity index (χ1) is 18.2. The number of nitrogens with one attached hydrogen (secondary N) is 1. The minimum atomic E-state index is -4.65. The van der Waals surface area contributed by atoms with Crippen LogP contribution < -0.4 is 10.3 Å². The highest BCUT2D eigenvalue weighted by molar-refractivity contribution is 7.12. The molecule has 5 rings (SSSR count). The van der Waals surface area contributed by atoms with E-state index in [0.717, 1.165) is 44.1 Å². The normalized spacial score (nSPS) is 11.8. The number of carbonyl (C=O) groups excluding carboxylic acids is 1. The van der Waals surface area contributed by atoms with Crippen LogP contribution >= 0.6 is 11.3 Å². The second-order valence-electron chi connectivity index (χ2n) is 8.59. The fourth-order valence-corrected chi connectivity index (χ4v) is 4.53. The Morgan fingerprint density at radius 1 is 1.03 bits per heavy atom. The quantitative estimate of drug-likeness (QED) is 0.214. The Balaban J connectivity index is 1.40. The molecule has 0 aliphatic heterocycles. The van der Waals surface area contributed by atoms with Crippen molar-refractivity contribution in [1.29, 1.82) is 0 Å². The first-order valence-electron chi connectivity index (χ1n) is 11.4. The smallest absolute Gasteiger partial charge is 0.378 e. The number of carbonyl (C=O) groups is 1. The molecule has 0 radical (unpaired) electrons. The van der Waals surface area contributed by atoms with Gasteiger partial charge in [-0.2, -0.15) is 23.4 Å². The molecule has 1 amide bonds. The second kappa shape index (κ2) is 10.1. The highest BCUT2D eigenvalue weighted by Gasteiger charge is 2.35. The van der Waals surface area contributed by atoms with Crippen LogP contribution in [0.25, 0.3) is 27.2 Å². The lowest BCUT2D eigenvalue weighted by molar-refractivity contribution is -0.141. The van der Waals surface area contributed by atoms with Gasteiger partial charge in [0.1, 0.15) is 5.69 Å². The van der Waals surface area contributed by atoms with E-state index < -0.39 is 17.8 Å². The summed E-state index contributed by atoms with van der Waals surface area (Å²) in [6.07, 6.45) is -3.15. The van der Waals surface area contributed by atoms with Crippen molar-refractivity contribution < 1.29 is 18.0 Å². The molecular weight excluding hydrogens is 513 g/mol. The number of anilines is 1. The minimum Gasteiger partial charge on any atom is -0.378 e. The van der Waals surface area contributed by atoms with Crippen molar-refractivity contribution >= 4 is 39.9 Å². The summed E-state index contributed by atoms with van der Waals surface area (Å²) in [5.74, 6) is -0.593. The van der Waals surface area contributed by atoms with E-state index in [0.29, 0.717) is 5.56 Å². The maximum atomic E-state index is 13.6. The van der Waals surface area contributed by atoms with Crippen molar-refractivity contribution in [2.45, 2.75) is 6.18 Å². The number of amides is 1. The van der Waals surface area contributed by atoms with Crippen molar-refractivity contribution in [2.75, 3.05) is 19.0 Å². The largest absolute Gasteiger partial charge is 0.435 e. The molecule has 0 spiro atoms. The lowest BCUT2D eigenvalue weighted by Crippen LogP contribution is -2.18. The molecule has 0 saturated carbocycles. The van der Waals surface area contributed by atoms with E-state index in [4.69, 9.17) is 0 Å². The summed E-state index contributed by atoms with van der Waals surface area (Å²) in [6.45, 7) is 0. The van der Waals surface area contributed by atoms with E-state index in [1.54, 1.807) is 12.1 Å². The van der Waals surface area contributed by atoms with Crippen LogP contribution in [0.5, 0.6) is 0 Å². The van der Waals surface area contributed by atoms with E-state index in [9.17, 15) is 18.0 Å². The number of benzene rings is 3. The predicted octanol–water partition coefficient (Wildman–Crippen LogP) is 6.00. The first kappa shape index (κ1) is 25.2. The van der Waals surface area contributed by atoms with E-state index in [1.807, 2.05) is 73.6 Å². The number of halogens is 3. The van der Waals surface area contributed by atoms with Crippen LogP contribution in [-0.4, -0.2) is 41.0 Å². The zero-order valence-corrected chi connectivity index (χ0v) is 21.1. The van der Waals surface area contributed by atoms with Gasteiger partial charge < -0.3 is 4.90 Å². The van der Waals surface area contributed by atoms with Gasteiger partial charge in [-0.25, -0.2) is 15.1 Å². The van der Waals surface area contributed by atoms with E-state index in [1.165, 1.54) is 11.6 Å². The third-order valence-corrected chi connectivity index (χ3v) is 6.56. The van der Waals surface area contributed by atoms with Crippen LogP contribution in [0.15, 0.2) is 83.3 Å². The molecule has 11 heteroatoms. The van der Waals surface area contributed by atoms with E-state index >= 15 is 0 Å². The Labute approximate surface area is 219 Å². The Hall–Kier alpha value is -4.51. The number of thiazole rings is 1. The van der Waals surface area contributed by atoms with Crippen LogP contribution in [0.2, 0.25) is 0 Å². The number of hydrogen-bond acceptors (Lipinski definition) is 6. The number of hydrazone groups is 1. The molecule has 0 atom stereocenters. The molecule has 0 aliphatic rings. The summed E-state index contributed by atoms with van der Waals surface area (Å²) in [4.78, 5) is 18.8. The van der Waals surface area contributed by atoms with Crippen molar-refractivity contribution in [2.24, 2.45) is 5.10 Å². The zero-order valence-electron chi connectivity index (χ0n) is 20.3. The number of aromatic nitrogens is 3. The molecule has 2 heterocycles. The van der Waals surface area contributed by atoms with Crippen molar-refractivity contribution in [1.82, 2.24) is 20.2 Å². The molecule has 2 aromatic heterocycles. The van der Waals surface area contributed by atoms with Crippen molar-refractivity contribution in [3.05, 3.63) is 95.1 Å². The van der Waals surface area contributed by atoms with Crippen LogP contribution in [0.4, 0.5) is 18.9 Å². The Bertz CT molecular complexity index is 1640. The van der Waals surface area contributed by atoms with E-state index in [2.05, 4.69) is 20.6 Å². The zero-order chi connectivity index (χ0) is 26.9. The fourth-order valence-electron chi connectivity index (χ4n) is 3.77. The molecule has 1 N–H and O–H groups in total. The molecule has 0 bridgehead atoms. The van der Waals surface area contributed by atoms with Gasteiger partial charge in [0.25, 0.3) is 5.91 Å². The molecular formula is C27H21F3N6OS. The summed E-state index contributed by atoms with van der Waals surface area (Å²) >= 11 is 1.01. The molecule has 0 aliphatic carbocycles. The first-order valence-corrected chi connectivity index (χ1v) is 12.3. The SMILES string of the molecule is CN(C)c1ccc(/C=N/NC(=O)c2csc(-n3nc(C(F)(F)F)cc3-c3ccc4ccccc4c3)n2)cc1. The fraction of sp³-hybridized carbons (Fsp3) is 0.111. The monoisotopic (exact) mass is 534 g/mol. The Kier molecular flexibility index (Phi) is 6.68. The minimum absolute atomic E-state index is 0.0126.